The minimum Gasteiger partial charge on any atom is -0.497 e. The summed E-state index contributed by atoms with van der Waals surface area (Å²) >= 11 is 0. The van der Waals surface area contributed by atoms with Gasteiger partial charge in [0.15, 0.2) is 0 Å². The predicted molar refractivity (Wildman–Crippen MR) is 57.5 cm³/mol. The van der Waals surface area contributed by atoms with Crippen molar-refractivity contribution in [3.63, 3.8) is 0 Å². The zero-order valence-electron chi connectivity index (χ0n) is 8.53. The third-order valence-corrected chi connectivity index (χ3v) is 1.89. The second-order valence-corrected chi connectivity index (χ2v) is 2.98. The first-order chi connectivity index (χ1) is 6.86. The van der Waals surface area contributed by atoms with E-state index in [4.69, 9.17) is 9.47 Å². The number of hydrogen-bond acceptors (Lipinski definition) is 2. The molecule has 2 heteroatoms. The Bertz CT molecular complexity index is 264. The molecule has 0 aliphatic heterocycles. The van der Waals surface area contributed by atoms with Crippen LogP contribution in [-0.4, -0.2) is 13.7 Å². The maximum absolute atomic E-state index is 5.42. The van der Waals surface area contributed by atoms with E-state index < -0.39 is 0 Å². The molecule has 14 heavy (non-hydrogen) atoms. The lowest BCUT2D eigenvalue weighted by molar-refractivity contribution is 0.125. The van der Waals surface area contributed by atoms with Crippen LogP contribution in [0.3, 0.4) is 0 Å². The number of ether oxygens (including phenoxy) is 2. The number of benzene rings is 1. The van der Waals surface area contributed by atoms with E-state index in [9.17, 15) is 0 Å². The van der Waals surface area contributed by atoms with Crippen molar-refractivity contribution in [3.8, 4) is 5.75 Å². The third-order valence-electron chi connectivity index (χ3n) is 1.89. The normalized spacial score (nSPS) is 9.79. The Kier molecular flexibility index (Phi) is 4.79. The van der Waals surface area contributed by atoms with Gasteiger partial charge >= 0.3 is 0 Å². The number of rotatable bonds is 6. The molecule has 0 spiro atoms. The SMILES string of the molecule is C=CCCOCc1ccc(OC)cc1. The summed E-state index contributed by atoms with van der Waals surface area (Å²) in [4.78, 5) is 0. The van der Waals surface area contributed by atoms with Crippen molar-refractivity contribution in [1.82, 2.24) is 0 Å². The van der Waals surface area contributed by atoms with Crippen LogP contribution in [0.2, 0.25) is 0 Å². The lowest BCUT2D eigenvalue weighted by Crippen LogP contribution is -1.94. The monoisotopic (exact) mass is 192 g/mol. The van der Waals surface area contributed by atoms with Crippen molar-refractivity contribution in [3.05, 3.63) is 42.5 Å². The second-order valence-electron chi connectivity index (χ2n) is 2.98. The van der Waals surface area contributed by atoms with E-state index in [-0.39, 0.29) is 0 Å². The molecule has 0 aliphatic rings. The van der Waals surface area contributed by atoms with Crippen LogP contribution in [0, 0.1) is 0 Å². The number of methoxy groups -OCH3 is 1. The Morgan fingerprint density at radius 1 is 1.29 bits per heavy atom. The molecule has 0 N–H and O–H groups in total. The summed E-state index contributed by atoms with van der Waals surface area (Å²) in [6.07, 6.45) is 2.75. The highest BCUT2D eigenvalue weighted by Crippen LogP contribution is 2.11. The Labute approximate surface area is 85.2 Å². The fourth-order valence-electron chi connectivity index (χ4n) is 1.08. The molecular formula is C12H16O2. The average Bonchev–Trinajstić information content (AvgIpc) is 2.25. The average molecular weight is 192 g/mol. The molecule has 76 valence electrons. The molecule has 0 saturated heterocycles. The van der Waals surface area contributed by atoms with E-state index >= 15 is 0 Å². The van der Waals surface area contributed by atoms with Crippen LogP contribution >= 0.6 is 0 Å². The van der Waals surface area contributed by atoms with Crippen molar-refractivity contribution in [1.29, 1.82) is 0 Å². The first kappa shape index (κ1) is 10.8. The lowest BCUT2D eigenvalue weighted by atomic mass is 10.2. The summed E-state index contributed by atoms with van der Waals surface area (Å²) in [5.41, 5.74) is 1.16. The summed E-state index contributed by atoms with van der Waals surface area (Å²) in [5.74, 6) is 0.875. The molecule has 0 bridgehead atoms. The molecule has 0 fully saturated rings. The molecule has 1 aromatic carbocycles. The number of hydrogen-bond donors (Lipinski definition) is 0. The molecule has 0 saturated carbocycles. The van der Waals surface area contributed by atoms with Crippen LogP contribution in [0.15, 0.2) is 36.9 Å². The molecule has 0 aliphatic carbocycles. The molecular weight excluding hydrogens is 176 g/mol. The first-order valence-corrected chi connectivity index (χ1v) is 4.68. The summed E-state index contributed by atoms with van der Waals surface area (Å²) in [7, 11) is 1.66. The Hall–Kier alpha value is -1.28. The van der Waals surface area contributed by atoms with Crippen molar-refractivity contribution in [2.45, 2.75) is 13.0 Å². The van der Waals surface area contributed by atoms with Gasteiger partial charge in [-0.3, -0.25) is 0 Å². The summed E-state index contributed by atoms with van der Waals surface area (Å²) < 4.78 is 10.5. The summed E-state index contributed by atoms with van der Waals surface area (Å²) in [6.45, 7) is 5.01. The maximum atomic E-state index is 5.42. The minimum atomic E-state index is 0.651. The Balaban J connectivity index is 2.32. The molecule has 0 amide bonds. The fourth-order valence-corrected chi connectivity index (χ4v) is 1.08. The first-order valence-electron chi connectivity index (χ1n) is 4.68. The van der Waals surface area contributed by atoms with Crippen LogP contribution in [0.1, 0.15) is 12.0 Å². The van der Waals surface area contributed by atoms with E-state index in [1.165, 1.54) is 0 Å². The van der Waals surface area contributed by atoms with E-state index in [0.29, 0.717) is 6.61 Å². The van der Waals surface area contributed by atoms with Crippen LogP contribution in [0.25, 0.3) is 0 Å². The Morgan fingerprint density at radius 2 is 2.00 bits per heavy atom. The van der Waals surface area contributed by atoms with Gasteiger partial charge in [0, 0.05) is 0 Å². The fraction of sp³-hybridized carbons (Fsp3) is 0.333. The molecule has 2 nitrogen and oxygen atoms in total. The molecule has 0 radical (unpaired) electrons. The van der Waals surface area contributed by atoms with Gasteiger partial charge in [0.25, 0.3) is 0 Å². The van der Waals surface area contributed by atoms with Gasteiger partial charge in [-0.2, -0.15) is 0 Å². The van der Waals surface area contributed by atoms with Gasteiger partial charge in [-0.25, -0.2) is 0 Å². The molecule has 1 aromatic rings. The van der Waals surface area contributed by atoms with Gasteiger partial charge < -0.3 is 9.47 Å². The smallest absolute Gasteiger partial charge is 0.118 e. The third kappa shape index (κ3) is 3.62. The molecule has 0 heterocycles. The molecule has 0 atom stereocenters. The second kappa shape index (κ2) is 6.22. The van der Waals surface area contributed by atoms with E-state index in [1.807, 2.05) is 30.3 Å². The van der Waals surface area contributed by atoms with Crippen molar-refractivity contribution >= 4 is 0 Å². The zero-order valence-corrected chi connectivity index (χ0v) is 8.53. The van der Waals surface area contributed by atoms with Crippen molar-refractivity contribution in [2.75, 3.05) is 13.7 Å². The van der Waals surface area contributed by atoms with Crippen LogP contribution in [0.5, 0.6) is 5.75 Å². The van der Waals surface area contributed by atoms with E-state index in [0.717, 1.165) is 24.3 Å². The van der Waals surface area contributed by atoms with Gasteiger partial charge in [-0.1, -0.05) is 18.2 Å². The molecule has 1 rings (SSSR count). The largest absolute Gasteiger partial charge is 0.497 e. The van der Waals surface area contributed by atoms with Gasteiger partial charge in [0.1, 0.15) is 5.75 Å². The van der Waals surface area contributed by atoms with Gasteiger partial charge in [0.05, 0.1) is 20.3 Å². The van der Waals surface area contributed by atoms with Gasteiger partial charge in [0.2, 0.25) is 0 Å². The van der Waals surface area contributed by atoms with Crippen LogP contribution < -0.4 is 4.74 Å². The van der Waals surface area contributed by atoms with Gasteiger partial charge in [-0.15, -0.1) is 6.58 Å². The van der Waals surface area contributed by atoms with Crippen LogP contribution in [0.4, 0.5) is 0 Å². The van der Waals surface area contributed by atoms with E-state index in [1.54, 1.807) is 7.11 Å². The summed E-state index contributed by atoms with van der Waals surface area (Å²) in [5, 5.41) is 0. The standard InChI is InChI=1S/C12H16O2/c1-3-4-9-14-10-11-5-7-12(13-2)8-6-11/h3,5-8H,1,4,9-10H2,2H3. The van der Waals surface area contributed by atoms with Crippen molar-refractivity contribution in [2.24, 2.45) is 0 Å². The van der Waals surface area contributed by atoms with Crippen molar-refractivity contribution < 1.29 is 9.47 Å². The highest BCUT2D eigenvalue weighted by molar-refractivity contribution is 5.26. The molecule has 0 unspecified atom stereocenters. The minimum absolute atomic E-state index is 0.651. The highest BCUT2D eigenvalue weighted by Gasteiger charge is 1.93. The van der Waals surface area contributed by atoms with E-state index in [2.05, 4.69) is 6.58 Å². The summed E-state index contributed by atoms with van der Waals surface area (Å²) in [6, 6.07) is 7.89. The quantitative estimate of drug-likeness (QED) is 0.509. The highest BCUT2D eigenvalue weighted by atomic mass is 16.5. The maximum Gasteiger partial charge on any atom is 0.118 e. The van der Waals surface area contributed by atoms with Gasteiger partial charge in [-0.05, 0) is 24.1 Å². The Morgan fingerprint density at radius 3 is 2.57 bits per heavy atom. The van der Waals surface area contributed by atoms with Crippen LogP contribution in [-0.2, 0) is 11.3 Å². The molecule has 0 aromatic heterocycles. The predicted octanol–water partition coefficient (Wildman–Crippen LogP) is 2.79. The topological polar surface area (TPSA) is 18.5 Å². The zero-order chi connectivity index (χ0) is 10.2. The lowest BCUT2D eigenvalue weighted by Gasteiger charge is -2.04.